The van der Waals surface area contributed by atoms with Crippen molar-refractivity contribution in [3.05, 3.63) is 59.9 Å². The fourth-order valence-corrected chi connectivity index (χ4v) is 2.36. The Morgan fingerprint density at radius 2 is 1.80 bits per heavy atom. The summed E-state index contributed by atoms with van der Waals surface area (Å²) in [5, 5.41) is 15.8. The van der Waals surface area contributed by atoms with Gasteiger partial charge in [-0.2, -0.15) is 10.4 Å². The van der Waals surface area contributed by atoms with Crippen molar-refractivity contribution in [1.82, 2.24) is 9.78 Å². The third-order valence-corrected chi connectivity index (χ3v) is 3.47. The lowest BCUT2D eigenvalue weighted by Crippen LogP contribution is -1.99. The Bertz CT molecular complexity index is 806. The molecule has 2 aromatic carbocycles. The van der Waals surface area contributed by atoms with E-state index in [0.717, 1.165) is 22.2 Å². The number of hydrogen-bond donors (Lipinski definition) is 0. The number of benzene rings is 2. The van der Waals surface area contributed by atoms with Gasteiger partial charge in [0, 0.05) is 17.0 Å². The first-order valence-electron chi connectivity index (χ1n) is 6.68. The molecule has 3 aromatic rings. The van der Waals surface area contributed by atoms with E-state index in [1.807, 2.05) is 53.3 Å². The van der Waals surface area contributed by atoms with Crippen LogP contribution in [0.5, 0.6) is 0 Å². The zero-order valence-electron chi connectivity index (χ0n) is 11.5. The molecule has 0 fully saturated rings. The molecule has 3 rings (SSSR count). The van der Waals surface area contributed by atoms with E-state index < -0.39 is 0 Å². The molecule has 3 nitrogen and oxygen atoms in total. The largest absolute Gasteiger partial charge is 0.240 e. The van der Waals surface area contributed by atoms with E-state index in [1.165, 1.54) is 0 Å². The molecule has 0 saturated heterocycles. The topological polar surface area (TPSA) is 41.6 Å². The van der Waals surface area contributed by atoms with E-state index in [9.17, 15) is 5.26 Å². The second kappa shape index (κ2) is 4.82. The average Bonchev–Trinajstić information content (AvgIpc) is 2.96. The Balaban J connectivity index is 2.24. The van der Waals surface area contributed by atoms with Gasteiger partial charge in [0.15, 0.2) is 0 Å². The first-order chi connectivity index (χ1) is 9.70. The van der Waals surface area contributed by atoms with E-state index in [0.29, 0.717) is 11.5 Å². The van der Waals surface area contributed by atoms with Crippen LogP contribution < -0.4 is 0 Å². The van der Waals surface area contributed by atoms with E-state index in [1.54, 1.807) is 0 Å². The molecule has 0 bridgehead atoms. The Kier molecular flexibility index (Phi) is 3.00. The lowest BCUT2D eigenvalue weighted by molar-refractivity contribution is 0.770. The predicted molar refractivity (Wildman–Crippen MR) is 79.9 cm³/mol. The van der Waals surface area contributed by atoms with Crippen molar-refractivity contribution in [2.45, 2.75) is 19.8 Å². The highest BCUT2D eigenvalue weighted by molar-refractivity contribution is 5.94. The first-order valence-corrected chi connectivity index (χ1v) is 6.68. The Labute approximate surface area is 118 Å². The maximum Gasteiger partial charge on any atom is 0.0998 e. The lowest BCUT2D eigenvalue weighted by Gasteiger charge is -2.08. The monoisotopic (exact) mass is 261 g/mol. The van der Waals surface area contributed by atoms with Crippen molar-refractivity contribution in [1.29, 1.82) is 5.26 Å². The van der Waals surface area contributed by atoms with Crippen molar-refractivity contribution >= 4 is 10.8 Å². The summed E-state index contributed by atoms with van der Waals surface area (Å²) in [5.41, 5.74) is 2.77. The second-order valence-corrected chi connectivity index (χ2v) is 5.13. The number of rotatable bonds is 2. The third kappa shape index (κ3) is 1.96. The van der Waals surface area contributed by atoms with Crippen LogP contribution in [-0.4, -0.2) is 9.78 Å². The molecule has 1 aromatic heterocycles. The highest BCUT2D eigenvalue weighted by Crippen LogP contribution is 2.25. The van der Waals surface area contributed by atoms with Gasteiger partial charge in [0.25, 0.3) is 0 Å². The minimum Gasteiger partial charge on any atom is -0.240 e. The maximum absolute atomic E-state index is 9.20. The van der Waals surface area contributed by atoms with E-state index in [-0.39, 0.29) is 0 Å². The Morgan fingerprint density at radius 3 is 2.45 bits per heavy atom. The average molecular weight is 261 g/mol. The van der Waals surface area contributed by atoms with Crippen LogP contribution in [0.4, 0.5) is 0 Å². The quantitative estimate of drug-likeness (QED) is 0.699. The highest BCUT2D eigenvalue weighted by Gasteiger charge is 2.09. The molecule has 0 radical (unpaired) electrons. The smallest absolute Gasteiger partial charge is 0.0998 e. The molecule has 0 aliphatic rings. The van der Waals surface area contributed by atoms with Gasteiger partial charge in [-0.25, -0.2) is 4.68 Å². The van der Waals surface area contributed by atoms with Crippen LogP contribution in [0, 0.1) is 11.3 Å². The minimum atomic E-state index is 0.404. The molecule has 0 amide bonds. The van der Waals surface area contributed by atoms with Gasteiger partial charge in [-0.3, -0.25) is 0 Å². The zero-order chi connectivity index (χ0) is 14.1. The number of hydrogen-bond acceptors (Lipinski definition) is 2. The summed E-state index contributed by atoms with van der Waals surface area (Å²) in [4.78, 5) is 0. The van der Waals surface area contributed by atoms with Crippen molar-refractivity contribution in [3.63, 3.8) is 0 Å². The van der Waals surface area contributed by atoms with Crippen molar-refractivity contribution in [2.75, 3.05) is 0 Å². The first kappa shape index (κ1) is 12.4. The molecule has 20 heavy (non-hydrogen) atoms. The summed E-state index contributed by atoms with van der Waals surface area (Å²) < 4.78 is 1.89. The molecule has 1 heterocycles. The molecule has 0 saturated carbocycles. The fraction of sp³-hybridized carbons (Fsp3) is 0.176. The molecule has 0 aliphatic heterocycles. The van der Waals surface area contributed by atoms with Crippen molar-refractivity contribution in [2.24, 2.45) is 0 Å². The predicted octanol–water partition coefficient (Wildman–Crippen LogP) is 4.02. The van der Waals surface area contributed by atoms with Crippen LogP contribution in [0.2, 0.25) is 0 Å². The fourth-order valence-electron chi connectivity index (χ4n) is 2.36. The van der Waals surface area contributed by atoms with Crippen molar-refractivity contribution < 1.29 is 0 Å². The Morgan fingerprint density at radius 1 is 1.05 bits per heavy atom. The number of fused-ring (bicyclic) bond motifs is 1. The van der Waals surface area contributed by atoms with Gasteiger partial charge < -0.3 is 0 Å². The summed E-state index contributed by atoms with van der Waals surface area (Å²) in [7, 11) is 0. The molecule has 0 unspecified atom stereocenters. The molecule has 3 heteroatoms. The molecule has 0 N–H and O–H groups in total. The number of aromatic nitrogens is 2. The van der Waals surface area contributed by atoms with Crippen LogP contribution >= 0.6 is 0 Å². The molecule has 0 aliphatic carbocycles. The second-order valence-electron chi connectivity index (χ2n) is 5.13. The summed E-state index contributed by atoms with van der Waals surface area (Å²) in [5.74, 6) is 0.404. The van der Waals surface area contributed by atoms with Crippen LogP contribution in [0.25, 0.3) is 16.5 Å². The molecule has 0 spiro atoms. The molecule has 98 valence electrons. The summed E-state index contributed by atoms with van der Waals surface area (Å²) >= 11 is 0. The molecular formula is C17H15N3. The zero-order valence-corrected chi connectivity index (χ0v) is 11.5. The number of nitrogens with zero attached hydrogens (tertiary/aromatic N) is 3. The van der Waals surface area contributed by atoms with Gasteiger partial charge in [-0.05, 0) is 24.1 Å². The van der Waals surface area contributed by atoms with E-state index in [4.69, 9.17) is 0 Å². The maximum atomic E-state index is 9.20. The summed E-state index contributed by atoms with van der Waals surface area (Å²) in [6.45, 7) is 4.26. The van der Waals surface area contributed by atoms with Crippen LogP contribution in [0.15, 0.2) is 48.7 Å². The number of nitriles is 1. The van der Waals surface area contributed by atoms with Gasteiger partial charge in [-0.15, -0.1) is 0 Å². The normalized spacial score (nSPS) is 10.9. The van der Waals surface area contributed by atoms with Gasteiger partial charge >= 0.3 is 0 Å². The minimum absolute atomic E-state index is 0.404. The van der Waals surface area contributed by atoms with Gasteiger partial charge in [0.1, 0.15) is 0 Å². The summed E-state index contributed by atoms with van der Waals surface area (Å²) in [6, 6.07) is 16.0. The summed E-state index contributed by atoms with van der Waals surface area (Å²) in [6.07, 6.45) is 1.98. The molecular weight excluding hydrogens is 246 g/mol. The van der Waals surface area contributed by atoms with Gasteiger partial charge in [0.2, 0.25) is 0 Å². The van der Waals surface area contributed by atoms with Crippen LogP contribution in [-0.2, 0) is 0 Å². The lowest BCUT2D eigenvalue weighted by atomic mass is 10.0. The van der Waals surface area contributed by atoms with E-state index in [2.05, 4.69) is 25.0 Å². The van der Waals surface area contributed by atoms with Gasteiger partial charge in [-0.1, -0.05) is 38.1 Å². The van der Waals surface area contributed by atoms with Crippen LogP contribution in [0.3, 0.4) is 0 Å². The molecule has 0 atom stereocenters. The van der Waals surface area contributed by atoms with Crippen molar-refractivity contribution in [3.8, 4) is 11.8 Å². The van der Waals surface area contributed by atoms with Crippen LogP contribution in [0.1, 0.15) is 31.0 Å². The van der Waals surface area contributed by atoms with Gasteiger partial charge in [0.05, 0.1) is 23.0 Å². The van der Waals surface area contributed by atoms with E-state index >= 15 is 0 Å². The Hall–Kier alpha value is -2.60. The SMILES string of the molecule is CC(C)c1ccn(-c2ccc(C#N)c3ccccc23)n1. The third-order valence-electron chi connectivity index (χ3n) is 3.47. The highest BCUT2D eigenvalue weighted by atomic mass is 15.3. The standard InChI is InChI=1S/C17H15N3/c1-12(2)16-9-10-20(19-16)17-8-7-13(11-18)14-5-3-4-6-15(14)17/h3-10,12H,1-2H3.